The summed E-state index contributed by atoms with van der Waals surface area (Å²) in [4.78, 5) is 19.1. The first kappa shape index (κ1) is 18.7. The topological polar surface area (TPSA) is 83.0 Å². The summed E-state index contributed by atoms with van der Waals surface area (Å²) in [5.74, 6) is 0.552. The second kappa shape index (κ2) is 7.47. The largest absolute Gasteiger partial charge is 0.338 e. The summed E-state index contributed by atoms with van der Waals surface area (Å²) in [5.41, 5.74) is 0.871. The van der Waals surface area contributed by atoms with Gasteiger partial charge in [0.15, 0.2) is 5.82 Å². The molecule has 6 nitrogen and oxygen atoms in total. The van der Waals surface area contributed by atoms with Crippen molar-refractivity contribution < 1.29 is 9.32 Å². The van der Waals surface area contributed by atoms with Crippen LogP contribution in [0.15, 0.2) is 28.8 Å². The van der Waals surface area contributed by atoms with E-state index >= 15 is 0 Å². The Morgan fingerprint density at radius 1 is 1.36 bits per heavy atom. The Morgan fingerprint density at radius 2 is 2.04 bits per heavy atom. The van der Waals surface area contributed by atoms with Crippen molar-refractivity contribution in [3.63, 3.8) is 0 Å². The normalized spacial score (nSPS) is 12.5. The summed E-state index contributed by atoms with van der Waals surface area (Å²) in [5, 5.41) is 13.1. The molecule has 1 atom stereocenters. The number of amides is 1. The van der Waals surface area contributed by atoms with Crippen molar-refractivity contribution in [1.82, 2.24) is 15.0 Å². The molecular weight excluding hydrogens is 316 g/mol. The first-order chi connectivity index (χ1) is 11.8. The number of nitriles is 1. The van der Waals surface area contributed by atoms with Crippen LogP contribution in [0.1, 0.15) is 50.8 Å². The molecule has 0 saturated carbocycles. The molecule has 0 spiro atoms. The average Bonchev–Trinajstić information content (AvgIpc) is 3.09. The zero-order valence-corrected chi connectivity index (χ0v) is 15.4. The molecule has 0 aliphatic rings. The van der Waals surface area contributed by atoms with Crippen LogP contribution in [-0.4, -0.2) is 34.0 Å². The minimum absolute atomic E-state index is 0.143. The number of carbonyl (C=O) groups is 1. The van der Waals surface area contributed by atoms with E-state index < -0.39 is 0 Å². The number of benzene rings is 1. The Balaban J connectivity index is 2.39. The quantitative estimate of drug-likeness (QED) is 0.829. The van der Waals surface area contributed by atoms with Gasteiger partial charge < -0.3 is 9.42 Å². The number of hydrogen-bond acceptors (Lipinski definition) is 5. The molecule has 1 aromatic heterocycles. The number of rotatable bonds is 5. The van der Waals surface area contributed by atoms with Gasteiger partial charge in [-0.3, -0.25) is 4.79 Å². The Morgan fingerprint density at radius 3 is 2.60 bits per heavy atom. The predicted molar refractivity (Wildman–Crippen MR) is 94.8 cm³/mol. The second-order valence-electron chi connectivity index (χ2n) is 7.09. The molecule has 1 heterocycles. The Kier molecular flexibility index (Phi) is 5.58. The monoisotopic (exact) mass is 340 g/mol. The lowest BCUT2D eigenvalue weighted by atomic mass is 9.96. The van der Waals surface area contributed by atoms with Gasteiger partial charge in [0.1, 0.15) is 0 Å². The van der Waals surface area contributed by atoms with E-state index in [1.54, 1.807) is 30.0 Å². The van der Waals surface area contributed by atoms with Crippen molar-refractivity contribution in [3.05, 3.63) is 35.7 Å². The average molecular weight is 340 g/mol. The van der Waals surface area contributed by atoms with Gasteiger partial charge in [-0.1, -0.05) is 38.1 Å². The highest BCUT2D eigenvalue weighted by molar-refractivity contribution is 6.00. The molecule has 132 valence electrons. The third-order valence-corrected chi connectivity index (χ3v) is 3.87. The maximum absolute atomic E-state index is 13.0. The van der Waals surface area contributed by atoms with Crippen molar-refractivity contribution in [2.75, 3.05) is 13.1 Å². The molecule has 0 bridgehead atoms. The molecule has 1 amide bonds. The third kappa shape index (κ3) is 4.24. The molecule has 1 aromatic carbocycles. The van der Waals surface area contributed by atoms with Crippen molar-refractivity contribution >= 4 is 5.91 Å². The first-order valence-corrected chi connectivity index (χ1v) is 8.40. The summed E-state index contributed by atoms with van der Waals surface area (Å²) >= 11 is 0. The summed E-state index contributed by atoms with van der Waals surface area (Å²) in [7, 11) is 0. The number of nitrogens with zero attached hydrogens (tertiary/aromatic N) is 4. The van der Waals surface area contributed by atoms with E-state index in [9.17, 15) is 4.79 Å². The summed E-state index contributed by atoms with van der Waals surface area (Å²) in [6.07, 6.45) is 0. The van der Waals surface area contributed by atoms with Crippen LogP contribution >= 0.6 is 0 Å². The number of hydrogen-bond donors (Lipinski definition) is 0. The van der Waals surface area contributed by atoms with Gasteiger partial charge in [0.05, 0.1) is 23.1 Å². The lowest BCUT2D eigenvalue weighted by Crippen LogP contribution is -2.34. The molecule has 0 unspecified atom stereocenters. The molecule has 6 heteroatoms. The van der Waals surface area contributed by atoms with Crippen LogP contribution in [0.4, 0.5) is 0 Å². The highest BCUT2D eigenvalue weighted by atomic mass is 16.5. The van der Waals surface area contributed by atoms with Crippen LogP contribution in [0.5, 0.6) is 0 Å². The van der Waals surface area contributed by atoms with Crippen molar-refractivity contribution in [2.24, 2.45) is 5.92 Å². The van der Waals surface area contributed by atoms with E-state index in [-0.39, 0.29) is 17.2 Å². The van der Waals surface area contributed by atoms with E-state index in [1.165, 1.54) is 0 Å². The molecule has 25 heavy (non-hydrogen) atoms. The summed E-state index contributed by atoms with van der Waals surface area (Å²) in [6.45, 7) is 10.6. The highest BCUT2D eigenvalue weighted by Crippen LogP contribution is 2.27. The van der Waals surface area contributed by atoms with Crippen LogP contribution in [0.3, 0.4) is 0 Å². The fourth-order valence-electron chi connectivity index (χ4n) is 2.39. The fraction of sp³-hybridized carbons (Fsp3) is 0.474. The van der Waals surface area contributed by atoms with Gasteiger partial charge in [-0.25, -0.2) is 0 Å². The predicted octanol–water partition coefficient (Wildman–Crippen LogP) is 3.66. The minimum Gasteiger partial charge on any atom is -0.338 e. The Labute approximate surface area is 148 Å². The minimum atomic E-state index is -0.238. The molecular formula is C19H24N4O2. The lowest BCUT2D eigenvalue weighted by Gasteiger charge is -2.22. The van der Waals surface area contributed by atoms with Gasteiger partial charge in [-0.05, 0) is 26.0 Å². The Bertz CT molecular complexity index is 783. The SMILES string of the molecule is CCN(C[C@@H](C)C#N)C(=O)c1ccccc1-c1nc(C(C)(C)C)no1. The van der Waals surface area contributed by atoms with E-state index in [1.807, 2.05) is 33.8 Å². The molecule has 0 aliphatic heterocycles. The molecule has 2 rings (SSSR count). The third-order valence-electron chi connectivity index (χ3n) is 3.87. The van der Waals surface area contributed by atoms with Gasteiger partial charge >= 0.3 is 0 Å². The van der Waals surface area contributed by atoms with E-state index in [2.05, 4.69) is 16.2 Å². The smallest absolute Gasteiger partial charge is 0.258 e. The van der Waals surface area contributed by atoms with Gasteiger partial charge in [0.25, 0.3) is 11.8 Å². The van der Waals surface area contributed by atoms with Crippen LogP contribution in [0.2, 0.25) is 0 Å². The van der Waals surface area contributed by atoms with Crippen molar-refractivity contribution in [3.8, 4) is 17.5 Å². The van der Waals surface area contributed by atoms with Gasteiger partial charge in [-0.2, -0.15) is 10.2 Å². The molecule has 0 N–H and O–H groups in total. The van der Waals surface area contributed by atoms with Crippen molar-refractivity contribution in [2.45, 2.75) is 40.0 Å². The van der Waals surface area contributed by atoms with Gasteiger partial charge in [0.2, 0.25) is 0 Å². The number of aromatic nitrogens is 2. The first-order valence-electron chi connectivity index (χ1n) is 8.40. The second-order valence-corrected chi connectivity index (χ2v) is 7.09. The maximum Gasteiger partial charge on any atom is 0.258 e. The fourth-order valence-corrected chi connectivity index (χ4v) is 2.39. The molecule has 2 aromatic rings. The highest BCUT2D eigenvalue weighted by Gasteiger charge is 2.25. The zero-order chi connectivity index (χ0) is 18.6. The molecule has 0 aliphatic carbocycles. The van der Waals surface area contributed by atoms with E-state index in [0.29, 0.717) is 35.9 Å². The van der Waals surface area contributed by atoms with Crippen LogP contribution in [0, 0.1) is 17.2 Å². The van der Waals surface area contributed by atoms with Gasteiger partial charge in [-0.15, -0.1) is 0 Å². The maximum atomic E-state index is 13.0. The molecule has 0 radical (unpaired) electrons. The van der Waals surface area contributed by atoms with Gasteiger partial charge in [0, 0.05) is 18.5 Å². The van der Waals surface area contributed by atoms with Crippen LogP contribution < -0.4 is 0 Å². The van der Waals surface area contributed by atoms with Crippen LogP contribution in [-0.2, 0) is 5.41 Å². The van der Waals surface area contributed by atoms with Crippen molar-refractivity contribution in [1.29, 1.82) is 5.26 Å². The zero-order valence-electron chi connectivity index (χ0n) is 15.4. The van der Waals surface area contributed by atoms with Crippen LogP contribution in [0.25, 0.3) is 11.5 Å². The number of carbonyl (C=O) groups excluding carboxylic acids is 1. The van der Waals surface area contributed by atoms with E-state index in [0.717, 1.165) is 0 Å². The lowest BCUT2D eigenvalue weighted by molar-refractivity contribution is 0.0753. The standard InChI is InChI=1S/C19H24N4O2/c1-6-23(12-13(2)11-20)17(24)15-10-8-7-9-14(15)16-21-18(22-25-16)19(3,4)5/h7-10,13H,6,12H2,1-5H3/t13-/m0/s1. The summed E-state index contributed by atoms with van der Waals surface area (Å²) in [6, 6.07) is 9.36. The van der Waals surface area contributed by atoms with E-state index in [4.69, 9.17) is 9.78 Å². The molecule has 0 saturated heterocycles. The molecule has 0 fully saturated rings. The summed E-state index contributed by atoms with van der Waals surface area (Å²) < 4.78 is 5.40. The Hall–Kier alpha value is -2.68.